The molecule has 1 rings (SSSR count). The van der Waals surface area contributed by atoms with E-state index in [0.717, 1.165) is 0 Å². The Morgan fingerprint density at radius 1 is 1.56 bits per heavy atom. The minimum atomic E-state index is -0.373. The first-order valence-corrected chi connectivity index (χ1v) is 5.25. The second-order valence-corrected chi connectivity index (χ2v) is 3.38. The lowest BCUT2D eigenvalue weighted by atomic mass is 10.3. The Kier molecular flexibility index (Phi) is 5.01. The summed E-state index contributed by atoms with van der Waals surface area (Å²) in [6, 6.07) is 3.09. The minimum absolute atomic E-state index is 0.118. The largest absolute Gasteiger partial charge is 0.465 e. The molecule has 1 unspecified atom stereocenters. The van der Waals surface area contributed by atoms with E-state index >= 15 is 0 Å². The molecule has 0 radical (unpaired) electrons. The highest BCUT2D eigenvalue weighted by atomic mass is 16.5. The van der Waals surface area contributed by atoms with Crippen LogP contribution in [0.25, 0.3) is 0 Å². The normalized spacial score (nSPS) is 12.4. The molecule has 0 aliphatic carbocycles. The van der Waals surface area contributed by atoms with E-state index in [2.05, 4.69) is 5.32 Å². The maximum Gasteiger partial charge on any atom is 0.322 e. The van der Waals surface area contributed by atoms with Gasteiger partial charge in [0, 0.05) is 0 Å². The van der Waals surface area contributed by atoms with Crippen LogP contribution in [0.5, 0.6) is 0 Å². The summed E-state index contributed by atoms with van der Waals surface area (Å²) in [5.74, 6) is 0.914. The molecule has 0 saturated heterocycles. The Bertz CT molecular complexity index is 334. The zero-order chi connectivity index (χ0) is 12.0. The molecule has 1 aromatic rings. The molecule has 0 saturated carbocycles. The fourth-order valence-corrected chi connectivity index (χ4v) is 1.21. The average molecular weight is 227 g/mol. The van der Waals surface area contributed by atoms with Crippen LogP contribution in [-0.4, -0.2) is 23.7 Å². The van der Waals surface area contributed by atoms with Crippen molar-refractivity contribution >= 4 is 5.97 Å². The number of carbonyl (C=O) groups excluding carboxylic acids is 1. The van der Waals surface area contributed by atoms with Crippen molar-refractivity contribution in [3.63, 3.8) is 0 Å². The summed E-state index contributed by atoms with van der Waals surface area (Å²) in [5.41, 5.74) is 0. The molecule has 0 spiro atoms. The summed E-state index contributed by atoms with van der Waals surface area (Å²) >= 11 is 0. The Morgan fingerprint density at radius 3 is 2.81 bits per heavy atom. The first kappa shape index (κ1) is 12.7. The van der Waals surface area contributed by atoms with Crippen molar-refractivity contribution in [2.45, 2.75) is 33.0 Å². The predicted molar refractivity (Wildman–Crippen MR) is 57.6 cm³/mol. The maximum absolute atomic E-state index is 11.3. The molecular formula is C11H17NO4. The number of rotatable bonds is 6. The van der Waals surface area contributed by atoms with Crippen LogP contribution in [0.3, 0.4) is 0 Å². The molecule has 16 heavy (non-hydrogen) atoms. The highest BCUT2D eigenvalue weighted by molar-refractivity contribution is 5.75. The van der Waals surface area contributed by atoms with Gasteiger partial charge in [0.05, 0.1) is 13.2 Å². The van der Waals surface area contributed by atoms with E-state index in [1.165, 1.54) is 0 Å². The lowest BCUT2D eigenvalue weighted by Gasteiger charge is -2.11. The highest BCUT2D eigenvalue weighted by Crippen LogP contribution is 2.07. The van der Waals surface area contributed by atoms with E-state index in [-0.39, 0.29) is 18.6 Å². The summed E-state index contributed by atoms with van der Waals surface area (Å²) < 4.78 is 10.1. The Morgan fingerprint density at radius 2 is 2.25 bits per heavy atom. The summed E-state index contributed by atoms with van der Waals surface area (Å²) in [7, 11) is 0. The topological polar surface area (TPSA) is 71.7 Å². The summed E-state index contributed by atoms with van der Waals surface area (Å²) in [6.45, 7) is 4.19. The van der Waals surface area contributed by atoms with Gasteiger partial charge in [0.2, 0.25) is 0 Å². The van der Waals surface area contributed by atoms with Crippen molar-refractivity contribution < 1.29 is 19.1 Å². The standard InChI is InChI=1S/C11H17NO4/c1-3-15-11(14)8(2)12-6-9-4-5-10(7-13)16-9/h4-5,8,12-13H,3,6-7H2,1-2H3. The molecule has 0 aliphatic rings. The van der Waals surface area contributed by atoms with Crippen molar-refractivity contribution in [2.75, 3.05) is 6.61 Å². The third-order valence-corrected chi connectivity index (χ3v) is 2.10. The van der Waals surface area contributed by atoms with E-state index in [4.69, 9.17) is 14.3 Å². The average Bonchev–Trinajstić information content (AvgIpc) is 2.74. The van der Waals surface area contributed by atoms with E-state index in [1.807, 2.05) is 0 Å². The van der Waals surface area contributed by atoms with Gasteiger partial charge in [-0.2, -0.15) is 0 Å². The molecule has 0 amide bonds. The summed E-state index contributed by atoms with van der Waals surface area (Å²) in [4.78, 5) is 11.3. The van der Waals surface area contributed by atoms with Gasteiger partial charge in [0.25, 0.3) is 0 Å². The van der Waals surface area contributed by atoms with Gasteiger partial charge in [0.15, 0.2) is 0 Å². The number of aliphatic hydroxyl groups excluding tert-OH is 1. The zero-order valence-corrected chi connectivity index (χ0v) is 9.53. The summed E-state index contributed by atoms with van der Waals surface area (Å²) in [5, 5.41) is 11.8. The third-order valence-electron chi connectivity index (χ3n) is 2.10. The van der Waals surface area contributed by atoms with E-state index in [1.54, 1.807) is 26.0 Å². The van der Waals surface area contributed by atoms with Gasteiger partial charge < -0.3 is 14.3 Å². The van der Waals surface area contributed by atoms with Crippen molar-refractivity contribution in [3.05, 3.63) is 23.7 Å². The molecule has 0 aliphatic heterocycles. The Balaban J connectivity index is 2.36. The van der Waals surface area contributed by atoms with E-state index in [0.29, 0.717) is 24.7 Å². The van der Waals surface area contributed by atoms with Crippen molar-refractivity contribution in [1.82, 2.24) is 5.32 Å². The van der Waals surface area contributed by atoms with Gasteiger partial charge >= 0.3 is 5.97 Å². The quantitative estimate of drug-likeness (QED) is 0.704. The molecule has 0 aromatic carbocycles. The van der Waals surface area contributed by atoms with Crippen molar-refractivity contribution in [3.8, 4) is 0 Å². The zero-order valence-electron chi connectivity index (χ0n) is 9.53. The lowest BCUT2D eigenvalue weighted by molar-refractivity contribution is -0.145. The van der Waals surface area contributed by atoms with Gasteiger partial charge in [0.1, 0.15) is 24.2 Å². The lowest BCUT2D eigenvalue weighted by Crippen LogP contribution is -2.34. The molecule has 0 bridgehead atoms. The number of ether oxygens (including phenoxy) is 1. The van der Waals surface area contributed by atoms with Crippen LogP contribution in [0, 0.1) is 0 Å². The fourth-order valence-electron chi connectivity index (χ4n) is 1.21. The molecule has 1 heterocycles. The smallest absolute Gasteiger partial charge is 0.322 e. The van der Waals surface area contributed by atoms with Gasteiger partial charge in [-0.05, 0) is 26.0 Å². The highest BCUT2D eigenvalue weighted by Gasteiger charge is 2.13. The van der Waals surface area contributed by atoms with Crippen LogP contribution in [0.4, 0.5) is 0 Å². The first-order chi connectivity index (χ1) is 7.67. The molecular weight excluding hydrogens is 210 g/mol. The molecule has 2 N–H and O–H groups in total. The number of furan rings is 1. The second kappa shape index (κ2) is 6.30. The van der Waals surface area contributed by atoms with Crippen LogP contribution >= 0.6 is 0 Å². The third kappa shape index (κ3) is 3.67. The first-order valence-electron chi connectivity index (χ1n) is 5.25. The van der Waals surface area contributed by atoms with Gasteiger partial charge in [-0.15, -0.1) is 0 Å². The van der Waals surface area contributed by atoms with Gasteiger partial charge in [-0.25, -0.2) is 0 Å². The van der Waals surface area contributed by atoms with Gasteiger partial charge in [-0.3, -0.25) is 10.1 Å². The maximum atomic E-state index is 11.3. The number of esters is 1. The number of hydrogen-bond donors (Lipinski definition) is 2. The van der Waals surface area contributed by atoms with Crippen LogP contribution in [-0.2, 0) is 22.7 Å². The molecule has 5 nitrogen and oxygen atoms in total. The Labute approximate surface area is 94.4 Å². The minimum Gasteiger partial charge on any atom is -0.465 e. The van der Waals surface area contributed by atoms with Crippen LogP contribution in [0.15, 0.2) is 16.5 Å². The predicted octanol–water partition coefficient (Wildman–Crippen LogP) is 0.813. The second-order valence-electron chi connectivity index (χ2n) is 3.38. The monoisotopic (exact) mass is 227 g/mol. The number of hydrogen-bond acceptors (Lipinski definition) is 5. The number of carbonyl (C=O) groups is 1. The fraction of sp³-hybridized carbons (Fsp3) is 0.545. The van der Waals surface area contributed by atoms with Crippen LogP contribution < -0.4 is 5.32 Å². The molecule has 1 aromatic heterocycles. The van der Waals surface area contributed by atoms with Crippen LogP contribution in [0.1, 0.15) is 25.4 Å². The molecule has 0 fully saturated rings. The van der Waals surface area contributed by atoms with Crippen LogP contribution in [0.2, 0.25) is 0 Å². The SMILES string of the molecule is CCOC(=O)C(C)NCc1ccc(CO)o1. The molecule has 1 atom stereocenters. The molecule has 90 valence electrons. The van der Waals surface area contributed by atoms with Crippen molar-refractivity contribution in [2.24, 2.45) is 0 Å². The van der Waals surface area contributed by atoms with Crippen molar-refractivity contribution in [1.29, 1.82) is 0 Å². The summed E-state index contributed by atoms with van der Waals surface area (Å²) in [6.07, 6.45) is 0. The Hall–Kier alpha value is -1.33. The van der Waals surface area contributed by atoms with Gasteiger partial charge in [-0.1, -0.05) is 0 Å². The van der Waals surface area contributed by atoms with E-state index < -0.39 is 0 Å². The number of nitrogens with one attached hydrogen (secondary N) is 1. The number of aliphatic hydroxyl groups is 1. The van der Waals surface area contributed by atoms with E-state index in [9.17, 15) is 4.79 Å². The molecule has 5 heteroatoms.